The average Bonchev–Trinajstić information content (AvgIpc) is 2.34. The van der Waals surface area contributed by atoms with Gasteiger partial charge in [0.2, 0.25) is 5.91 Å². The van der Waals surface area contributed by atoms with E-state index in [0.717, 1.165) is 25.9 Å². The molecule has 1 unspecified atom stereocenters. The molecule has 1 atom stereocenters. The van der Waals surface area contributed by atoms with Crippen LogP contribution in [0.25, 0.3) is 0 Å². The van der Waals surface area contributed by atoms with E-state index in [2.05, 4.69) is 5.32 Å². The predicted octanol–water partition coefficient (Wildman–Crippen LogP) is -0.140. The molecule has 5 heteroatoms. The van der Waals surface area contributed by atoms with E-state index < -0.39 is 0 Å². The number of ether oxygens (including phenoxy) is 2. The van der Waals surface area contributed by atoms with Gasteiger partial charge in [0.25, 0.3) is 0 Å². The zero-order valence-electron chi connectivity index (χ0n) is 10.2. The molecular weight excluding hydrogens is 208 g/mol. The Morgan fingerprint density at radius 1 is 1.50 bits per heavy atom. The van der Waals surface area contributed by atoms with Crippen molar-refractivity contribution in [3.8, 4) is 0 Å². The first-order valence-electron chi connectivity index (χ1n) is 5.78. The first-order valence-corrected chi connectivity index (χ1v) is 5.78. The number of nitrogens with one attached hydrogen (secondary N) is 1. The maximum absolute atomic E-state index is 11.7. The first-order chi connectivity index (χ1) is 7.75. The third-order valence-corrected chi connectivity index (χ3v) is 2.87. The Hall–Kier alpha value is -0.650. The first kappa shape index (κ1) is 13.4. The summed E-state index contributed by atoms with van der Waals surface area (Å²) in [5.74, 6) is 0.0461. The summed E-state index contributed by atoms with van der Waals surface area (Å²) < 4.78 is 10.1. The molecule has 0 spiro atoms. The molecule has 0 radical (unpaired) electrons. The van der Waals surface area contributed by atoms with Crippen LogP contribution >= 0.6 is 0 Å². The smallest absolute Gasteiger partial charge is 0.248 e. The van der Waals surface area contributed by atoms with Crippen LogP contribution in [0.2, 0.25) is 0 Å². The van der Waals surface area contributed by atoms with Gasteiger partial charge in [0.1, 0.15) is 6.61 Å². The molecule has 94 valence electrons. The monoisotopic (exact) mass is 230 g/mol. The van der Waals surface area contributed by atoms with Gasteiger partial charge in [-0.2, -0.15) is 0 Å². The molecule has 0 aliphatic carbocycles. The van der Waals surface area contributed by atoms with E-state index in [-0.39, 0.29) is 12.5 Å². The van der Waals surface area contributed by atoms with E-state index in [9.17, 15) is 4.79 Å². The molecule has 1 rings (SSSR count). The van der Waals surface area contributed by atoms with E-state index in [1.54, 1.807) is 12.0 Å². The largest absolute Gasteiger partial charge is 0.382 e. The van der Waals surface area contributed by atoms with Crippen molar-refractivity contribution in [2.24, 2.45) is 0 Å². The number of carbonyl (C=O) groups is 1. The summed E-state index contributed by atoms with van der Waals surface area (Å²) in [6.45, 7) is 3.10. The van der Waals surface area contributed by atoms with Gasteiger partial charge in [-0.1, -0.05) is 0 Å². The molecule has 0 bridgehead atoms. The van der Waals surface area contributed by atoms with E-state index in [0.29, 0.717) is 19.3 Å². The molecule has 1 fully saturated rings. The number of hydrogen-bond acceptors (Lipinski definition) is 4. The average molecular weight is 230 g/mol. The summed E-state index contributed by atoms with van der Waals surface area (Å²) >= 11 is 0. The second-order valence-corrected chi connectivity index (χ2v) is 4.05. The van der Waals surface area contributed by atoms with E-state index >= 15 is 0 Å². The molecule has 1 saturated heterocycles. The number of piperidine rings is 1. The molecular formula is C11H22N2O3. The van der Waals surface area contributed by atoms with Crippen molar-refractivity contribution in [3.05, 3.63) is 0 Å². The number of nitrogens with zero attached hydrogens (tertiary/aromatic N) is 1. The van der Waals surface area contributed by atoms with Crippen molar-refractivity contribution in [1.29, 1.82) is 0 Å². The quantitative estimate of drug-likeness (QED) is 0.645. The van der Waals surface area contributed by atoms with Crippen LogP contribution in [-0.4, -0.2) is 63.9 Å². The van der Waals surface area contributed by atoms with Crippen molar-refractivity contribution in [3.63, 3.8) is 0 Å². The Morgan fingerprint density at radius 3 is 2.94 bits per heavy atom. The minimum atomic E-state index is 0.0461. The minimum absolute atomic E-state index is 0.0461. The minimum Gasteiger partial charge on any atom is -0.382 e. The Kier molecular flexibility index (Phi) is 6.37. The molecule has 16 heavy (non-hydrogen) atoms. The number of hydrogen-bond donors (Lipinski definition) is 1. The van der Waals surface area contributed by atoms with Crippen LogP contribution in [-0.2, 0) is 14.3 Å². The molecule has 0 aromatic carbocycles. The molecule has 1 aliphatic heterocycles. The summed E-state index contributed by atoms with van der Waals surface area (Å²) in [5, 5.41) is 3.29. The van der Waals surface area contributed by atoms with Gasteiger partial charge in [0.15, 0.2) is 0 Å². The summed E-state index contributed by atoms with van der Waals surface area (Å²) in [7, 11) is 3.46. The van der Waals surface area contributed by atoms with Crippen molar-refractivity contribution in [1.82, 2.24) is 10.2 Å². The zero-order valence-corrected chi connectivity index (χ0v) is 10.2. The lowest BCUT2D eigenvalue weighted by Gasteiger charge is -2.31. The van der Waals surface area contributed by atoms with Gasteiger partial charge >= 0.3 is 0 Å². The van der Waals surface area contributed by atoms with E-state index in [1.165, 1.54) is 0 Å². The molecule has 1 aliphatic rings. The molecule has 1 heterocycles. The van der Waals surface area contributed by atoms with E-state index in [4.69, 9.17) is 9.47 Å². The normalized spacial score (nSPS) is 20.8. The fourth-order valence-corrected chi connectivity index (χ4v) is 1.77. The molecule has 0 aromatic heterocycles. The van der Waals surface area contributed by atoms with Gasteiger partial charge < -0.3 is 19.7 Å². The summed E-state index contributed by atoms with van der Waals surface area (Å²) in [4.78, 5) is 13.5. The van der Waals surface area contributed by atoms with Crippen molar-refractivity contribution in [2.45, 2.75) is 18.9 Å². The lowest BCUT2D eigenvalue weighted by Crippen LogP contribution is -2.47. The highest BCUT2D eigenvalue weighted by Crippen LogP contribution is 2.08. The fraction of sp³-hybridized carbons (Fsp3) is 0.909. The third-order valence-electron chi connectivity index (χ3n) is 2.87. The molecule has 5 nitrogen and oxygen atoms in total. The standard InChI is InChI=1S/C11H22N2O3/c1-13(10-4-3-5-12-8-10)11(14)9-16-7-6-15-2/h10,12H,3-9H2,1-2H3. The highest BCUT2D eigenvalue weighted by molar-refractivity contribution is 5.77. The second kappa shape index (κ2) is 7.60. The highest BCUT2D eigenvalue weighted by Gasteiger charge is 2.21. The summed E-state index contributed by atoms with van der Waals surface area (Å²) in [6.07, 6.45) is 2.21. The molecule has 1 amide bonds. The Morgan fingerprint density at radius 2 is 2.31 bits per heavy atom. The summed E-state index contributed by atoms with van der Waals surface area (Å²) in [6, 6.07) is 0.312. The van der Waals surface area contributed by atoms with Gasteiger partial charge in [-0.25, -0.2) is 0 Å². The maximum atomic E-state index is 11.7. The van der Waals surface area contributed by atoms with Crippen molar-refractivity contribution in [2.75, 3.05) is 47.1 Å². The van der Waals surface area contributed by atoms with Crippen LogP contribution in [0.15, 0.2) is 0 Å². The van der Waals surface area contributed by atoms with Crippen molar-refractivity contribution >= 4 is 5.91 Å². The lowest BCUT2D eigenvalue weighted by molar-refractivity contribution is -0.137. The fourth-order valence-electron chi connectivity index (χ4n) is 1.77. The third kappa shape index (κ3) is 4.47. The van der Waals surface area contributed by atoms with E-state index in [1.807, 2.05) is 7.05 Å². The Bertz CT molecular complexity index is 205. The number of methoxy groups -OCH3 is 1. The number of likely N-dealkylation sites (N-methyl/N-ethyl adjacent to an activating group) is 1. The van der Waals surface area contributed by atoms with Crippen LogP contribution in [0, 0.1) is 0 Å². The van der Waals surface area contributed by atoms with Gasteiger partial charge in [0, 0.05) is 26.7 Å². The Labute approximate surface area is 97.1 Å². The van der Waals surface area contributed by atoms with Gasteiger partial charge in [-0.05, 0) is 19.4 Å². The van der Waals surface area contributed by atoms with Gasteiger partial charge in [0.05, 0.1) is 13.2 Å². The highest BCUT2D eigenvalue weighted by atomic mass is 16.5. The molecule has 0 saturated carbocycles. The van der Waals surface area contributed by atoms with Crippen LogP contribution in [0.5, 0.6) is 0 Å². The second-order valence-electron chi connectivity index (χ2n) is 4.05. The summed E-state index contributed by atoms with van der Waals surface area (Å²) in [5.41, 5.74) is 0. The van der Waals surface area contributed by atoms with Crippen LogP contribution in [0.3, 0.4) is 0 Å². The van der Waals surface area contributed by atoms with Gasteiger partial charge in [-0.3, -0.25) is 4.79 Å². The number of amides is 1. The predicted molar refractivity (Wildman–Crippen MR) is 61.4 cm³/mol. The van der Waals surface area contributed by atoms with Crippen LogP contribution in [0.4, 0.5) is 0 Å². The number of carbonyl (C=O) groups excluding carboxylic acids is 1. The van der Waals surface area contributed by atoms with Crippen LogP contribution < -0.4 is 5.32 Å². The Balaban J connectivity index is 2.18. The van der Waals surface area contributed by atoms with Crippen LogP contribution in [0.1, 0.15) is 12.8 Å². The SMILES string of the molecule is COCCOCC(=O)N(C)C1CCCNC1. The topological polar surface area (TPSA) is 50.8 Å². The van der Waals surface area contributed by atoms with Gasteiger partial charge in [-0.15, -0.1) is 0 Å². The lowest BCUT2D eigenvalue weighted by atomic mass is 10.1. The maximum Gasteiger partial charge on any atom is 0.248 e. The molecule has 0 aromatic rings. The van der Waals surface area contributed by atoms with Crippen molar-refractivity contribution < 1.29 is 14.3 Å². The number of rotatable bonds is 6. The zero-order chi connectivity index (χ0) is 11.8. The molecule has 1 N–H and O–H groups in total.